The van der Waals surface area contributed by atoms with E-state index in [0.29, 0.717) is 6.54 Å². The lowest BCUT2D eigenvalue weighted by molar-refractivity contribution is 0.00578. The molecule has 1 aliphatic rings. The van der Waals surface area contributed by atoms with Crippen molar-refractivity contribution in [2.45, 2.75) is 72.0 Å². The highest BCUT2D eigenvalue weighted by atomic mass is 28.3. The van der Waals surface area contributed by atoms with Crippen molar-refractivity contribution in [3.8, 4) is 11.5 Å². The molecule has 130 valence electrons. The van der Waals surface area contributed by atoms with Crippen LogP contribution in [0.2, 0.25) is 19.6 Å². The van der Waals surface area contributed by atoms with Crippen molar-refractivity contribution in [3.05, 3.63) is 28.8 Å². The van der Waals surface area contributed by atoms with E-state index < -0.39 is 8.07 Å². The minimum absolute atomic E-state index is 0.354. The largest absolute Gasteiger partial charge is 0.495 e. The van der Waals surface area contributed by atoms with Crippen LogP contribution in [0.25, 0.3) is 0 Å². The van der Waals surface area contributed by atoms with E-state index in [0.717, 1.165) is 22.2 Å². The Labute approximate surface area is 148 Å². The van der Waals surface area contributed by atoms with Crippen LogP contribution in [-0.2, 0) is 15.9 Å². The highest BCUT2D eigenvalue weighted by Gasteiger charge is 2.52. The van der Waals surface area contributed by atoms with Crippen LogP contribution in [-0.4, -0.2) is 26.4 Å². The minimum Gasteiger partial charge on any atom is -0.399 e. The Hall–Kier alpha value is -1.06. The van der Waals surface area contributed by atoms with Gasteiger partial charge in [-0.25, -0.2) is 0 Å². The number of benzene rings is 1. The quantitative estimate of drug-likeness (QED) is 0.663. The first-order chi connectivity index (χ1) is 10.9. The average Bonchev–Trinajstić information content (AvgIpc) is 2.65. The molecule has 1 aliphatic heterocycles. The van der Waals surface area contributed by atoms with Crippen LogP contribution in [0.3, 0.4) is 0 Å². The molecule has 0 radical (unpaired) electrons. The number of nitrogens with two attached hydrogens (primary N) is 1. The van der Waals surface area contributed by atoms with E-state index in [-0.39, 0.29) is 18.3 Å². The highest BCUT2D eigenvalue weighted by Crippen LogP contribution is 2.36. The third-order valence-electron chi connectivity index (χ3n) is 4.86. The van der Waals surface area contributed by atoms with E-state index >= 15 is 0 Å². The fourth-order valence-corrected chi connectivity index (χ4v) is 3.08. The van der Waals surface area contributed by atoms with E-state index in [9.17, 15) is 0 Å². The first kappa shape index (κ1) is 19.3. The van der Waals surface area contributed by atoms with Gasteiger partial charge in [0.05, 0.1) is 11.2 Å². The molecule has 5 heteroatoms. The van der Waals surface area contributed by atoms with Crippen molar-refractivity contribution in [3.63, 3.8) is 0 Å². The van der Waals surface area contributed by atoms with Gasteiger partial charge in [-0.1, -0.05) is 25.6 Å². The Morgan fingerprint density at radius 2 is 1.62 bits per heavy atom. The molecule has 0 amide bonds. The Balaban J connectivity index is 2.48. The molecule has 0 bridgehead atoms. The summed E-state index contributed by atoms with van der Waals surface area (Å²) >= 11 is 0. The molecule has 24 heavy (non-hydrogen) atoms. The Kier molecular flexibility index (Phi) is 5.09. The maximum absolute atomic E-state index is 6.23. The van der Waals surface area contributed by atoms with Crippen molar-refractivity contribution in [2.75, 3.05) is 0 Å². The zero-order chi connectivity index (χ0) is 18.3. The molecule has 1 heterocycles. The van der Waals surface area contributed by atoms with Crippen LogP contribution in [0.15, 0.2) is 12.1 Å². The molecular formula is C19H30BNO2Si. The fourth-order valence-electron chi connectivity index (χ4n) is 2.56. The third kappa shape index (κ3) is 3.95. The summed E-state index contributed by atoms with van der Waals surface area (Å²) in [6.07, 6.45) is 0. The molecule has 0 spiro atoms. The van der Waals surface area contributed by atoms with Gasteiger partial charge in [-0.2, -0.15) is 0 Å². The smallest absolute Gasteiger partial charge is 0.399 e. The molecule has 0 unspecified atom stereocenters. The summed E-state index contributed by atoms with van der Waals surface area (Å²) in [5.41, 5.74) is 12.9. The lowest BCUT2D eigenvalue weighted by Gasteiger charge is -2.32. The lowest BCUT2D eigenvalue weighted by atomic mass is 9.74. The molecular weight excluding hydrogens is 313 g/mol. The Bertz CT molecular complexity index is 680. The standard InChI is InChI=1S/C19H30BNO2Si/c1-14-16(13-21)11-15(9-10-24(6,7)8)12-17(14)20-22-18(2,3)19(4,5)23-20/h11-12H,13,21H2,1-8H3. The fraction of sp³-hybridized carbons (Fsp3) is 0.579. The van der Waals surface area contributed by atoms with Crippen molar-refractivity contribution < 1.29 is 9.31 Å². The summed E-state index contributed by atoms with van der Waals surface area (Å²) in [7, 11) is -1.81. The Morgan fingerprint density at radius 1 is 1.08 bits per heavy atom. The van der Waals surface area contributed by atoms with Crippen molar-refractivity contribution >= 4 is 20.7 Å². The normalized spacial score (nSPS) is 19.1. The van der Waals surface area contributed by atoms with Crippen LogP contribution >= 0.6 is 0 Å². The van der Waals surface area contributed by atoms with Gasteiger partial charge in [0.1, 0.15) is 8.07 Å². The van der Waals surface area contributed by atoms with Gasteiger partial charge in [0, 0.05) is 12.1 Å². The van der Waals surface area contributed by atoms with Gasteiger partial charge < -0.3 is 15.0 Å². The highest BCUT2D eigenvalue weighted by molar-refractivity contribution is 6.83. The SMILES string of the molecule is Cc1c(CN)cc(C#C[Si](C)(C)C)cc1B1OC(C)(C)C(C)(C)O1. The average molecular weight is 343 g/mol. The number of hydrogen-bond donors (Lipinski definition) is 1. The van der Waals surface area contributed by atoms with Crippen LogP contribution in [0.1, 0.15) is 44.4 Å². The van der Waals surface area contributed by atoms with Crippen LogP contribution in [0.4, 0.5) is 0 Å². The van der Waals surface area contributed by atoms with Crippen LogP contribution in [0.5, 0.6) is 0 Å². The van der Waals surface area contributed by atoms with Gasteiger partial charge in [0.15, 0.2) is 0 Å². The zero-order valence-electron chi connectivity index (χ0n) is 16.3. The maximum Gasteiger partial charge on any atom is 0.495 e. The molecule has 2 N–H and O–H groups in total. The lowest BCUT2D eigenvalue weighted by Crippen LogP contribution is -2.41. The van der Waals surface area contributed by atoms with E-state index in [1.165, 1.54) is 0 Å². The summed E-state index contributed by atoms with van der Waals surface area (Å²) in [4.78, 5) is 0. The second-order valence-corrected chi connectivity index (χ2v) is 13.4. The summed E-state index contributed by atoms with van der Waals surface area (Å²) < 4.78 is 12.5. The molecule has 0 aliphatic carbocycles. The van der Waals surface area contributed by atoms with Crippen molar-refractivity contribution in [1.82, 2.24) is 0 Å². The molecule has 2 rings (SSSR count). The van der Waals surface area contributed by atoms with E-state index in [2.05, 4.69) is 77.9 Å². The van der Waals surface area contributed by atoms with Crippen LogP contribution < -0.4 is 11.2 Å². The predicted octanol–water partition coefficient (Wildman–Crippen LogP) is 2.98. The number of hydrogen-bond acceptors (Lipinski definition) is 3. The monoisotopic (exact) mass is 343 g/mol. The van der Waals surface area contributed by atoms with E-state index in [1.54, 1.807) is 0 Å². The maximum atomic E-state index is 6.23. The zero-order valence-corrected chi connectivity index (χ0v) is 17.3. The van der Waals surface area contributed by atoms with Crippen molar-refractivity contribution in [1.29, 1.82) is 0 Å². The summed E-state index contributed by atoms with van der Waals surface area (Å²) in [5, 5.41) is 0. The summed E-state index contributed by atoms with van der Waals surface area (Å²) in [6.45, 7) is 17.6. The van der Waals surface area contributed by atoms with Gasteiger partial charge in [-0.15, -0.1) is 5.54 Å². The molecule has 0 atom stereocenters. The van der Waals surface area contributed by atoms with Gasteiger partial charge in [-0.3, -0.25) is 0 Å². The van der Waals surface area contributed by atoms with Gasteiger partial charge in [-0.05, 0) is 63.3 Å². The molecule has 1 saturated heterocycles. The summed E-state index contributed by atoms with van der Waals surface area (Å²) in [6, 6.07) is 4.20. The van der Waals surface area contributed by atoms with Crippen molar-refractivity contribution in [2.24, 2.45) is 5.73 Å². The third-order valence-corrected chi connectivity index (χ3v) is 5.74. The predicted molar refractivity (Wildman–Crippen MR) is 105 cm³/mol. The van der Waals surface area contributed by atoms with E-state index in [1.807, 2.05) is 0 Å². The second kappa shape index (κ2) is 6.35. The molecule has 0 aromatic heterocycles. The van der Waals surface area contributed by atoms with Gasteiger partial charge in [0.2, 0.25) is 0 Å². The van der Waals surface area contributed by atoms with Crippen LogP contribution in [0, 0.1) is 18.4 Å². The van der Waals surface area contributed by atoms with Gasteiger partial charge in [0.25, 0.3) is 0 Å². The second-order valence-electron chi connectivity index (χ2n) is 8.64. The first-order valence-electron chi connectivity index (χ1n) is 8.58. The van der Waals surface area contributed by atoms with E-state index in [4.69, 9.17) is 15.0 Å². The molecule has 1 fully saturated rings. The first-order valence-corrected chi connectivity index (χ1v) is 12.1. The summed E-state index contributed by atoms with van der Waals surface area (Å²) in [5.74, 6) is 3.34. The number of rotatable bonds is 2. The molecule has 0 saturated carbocycles. The minimum atomic E-state index is -1.43. The molecule has 1 aromatic rings. The van der Waals surface area contributed by atoms with Gasteiger partial charge >= 0.3 is 7.12 Å². The molecule has 1 aromatic carbocycles. The Morgan fingerprint density at radius 3 is 2.08 bits per heavy atom. The topological polar surface area (TPSA) is 44.5 Å². The molecule has 3 nitrogen and oxygen atoms in total.